The fourth-order valence-electron chi connectivity index (χ4n) is 2.29. The molecule has 0 aromatic heterocycles. The van der Waals surface area contributed by atoms with Gasteiger partial charge in [-0.1, -0.05) is 11.6 Å². The lowest BCUT2D eigenvalue weighted by Gasteiger charge is -2.09. The van der Waals surface area contributed by atoms with Crippen molar-refractivity contribution < 1.29 is 19.4 Å². The smallest absolute Gasteiger partial charge is 0.299 e. The van der Waals surface area contributed by atoms with Crippen molar-refractivity contribution in [3.05, 3.63) is 67.2 Å². The Morgan fingerprint density at radius 2 is 1.89 bits per heavy atom. The topological polar surface area (TPSA) is 125 Å². The molecule has 0 bridgehead atoms. The molecule has 0 atom stereocenters. The molecule has 0 saturated heterocycles. The Labute approximate surface area is 159 Å². The monoisotopic (exact) mass is 393 g/mol. The van der Waals surface area contributed by atoms with Crippen LogP contribution >= 0.6 is 11.6 Å². The first kappa shape index (κ1) is 20.1. The molecule has 0 heterocycles. The number of amides is 1. The van der Waals surface area contributed by atoms with Gasteiger partial charge in [0, 0.05) is 17.5 Å². The van der Waals surface area contributed by atoms with Crippen LogP contribution in [0.1, 0.15) is 18.4 Å². The molecule has 27 heavy (non-hydrogen) atoms. The lowest BCUT2D eigenvalue weighted by Crippen LogP contribution is -2.14. The third kappa shape index (κ3) is 5.65. The molecule has 0 fully saturated rings. The van der Waals surface area contributed by atoms with Crippen LogP contribution < -0.4 is 10.1 Å². The van der Waals surface area contributed by atoms with E-state index in [0.29, 0.717) is 17.2 Å². The van der Waals surface area contributed by atoms with Crippen LogP contribution in [0.4, 0.5) is 17.1 Å². The van der Waals surface area contributed by atoms with Crippen LogP contribution in [0, 0.1) is 27.2 Å². The zero-order valence-electron chi connectivity index (χ0n) is 14.3. The van der Waals surface area contributed by atoms with E-state index >= 15 is 0 Å². The predicted molar refractivity (Wildman–Crippen MR) is 99.3 cm³/mol. The number of hydrogen-bond donors (Lipinski definition) is 1. The van der Waals surface area contributed by atoms with Crippen molar-refractivity contribution in [1.29, 1.82) is 0 Å². The van der Waals surface area contributed by atoms with Crippen LogP contribution in [0.25, 0.3) is 0 Å². The highest BCUT2D eigenvalue weighted by atomic mass is 35.5. The van der Waals surface area contributed by atoms with E-state index < -0.39 is 27.1 Å². The third-order valence-electron chi connectivity index (χ3n) is 3.61. The summed E-state index contributed by atoms with van der Waals surface area (Å²) in [5, 5.41) is 24.8. The van der Waals surface area contributed by atoms with Crippen molar-refractivity contribution in [1.82, 2.24) is 0 Å². The van der Waals surface area contributed by atoms with Crippen molar-refractivity contribution in [2.45, 2.75) is 19.8 Å². The third-order valence-corrected chi connectivity index (χ3v) is 3.84. The largest absolute Gasteiger partial charge is 0.493 e. The number of aryl methyl sites for hydroxylation is 1. The molecule has 2 aromatic carbocycles. The minimum absolute atomic E-state index is 0.0702. The molecule has 10 heteroatoms. The Kier molecular flexibility index (Phi) is 6.67. The summed E-state index contributed by atoms with van der Waals surface area (Å²) in [4.78, 5) is 32.2. The zero-order valence-corrected chi connectivity index (χ0v) is 15.1. The average molecular weight is 394 g/mol. The lowest BCUT2D eigenvalue weighted by atomic mass is 10.2. The van der Waals surface area contributed by atoms with E-state index in [1.165, 1.54) is 0 Å². The van der Waals surface area contributed by atoms with Gasteiger partial charge in [0.1, 0.15) is 11.4 Å². The highest BCUT2D eigenvalue weighted by Gasteiger charge is 2.20. The summed E-state index contributed by atoms with van der Waals surface area (Å²) in [5.41, 5.74) is -0.185. The molecule has 142 valence electrons. The maximum atomic E-state index is 12.0. The van der Waals surface area contributed by atoms with Crippen molar-refractivity contribution in [3.63, 3.8) is 0 Å². The van der Waals surface area contributed by atoms with E-state index in [4.69, 9.17) is 16.3 Å². The van der Waals surface area contributed by atoms with Crippen molar-refractivity contribution in [2.24, 2.45) is 0 Å². The number of carbonyl (C=O) groups is 1. The van der Waals surface area contributed by atoms with Gasteiger partial charge in [-0.25, -0.2) is 0 Å². The van der Waals surface area contributed by atoms with Crippen molar-refractivity contribution >= 4 is 34.6 Å². The second-order valence-electron chi connectivity index (χ2n) is 5.63. The number of nitrogens with one attached hydrogen (secondary N) is 1. The maximum Gasteiger partial charge on any atom is 0.299 e. The second kappa shape index (κ2) is 8.95. The summed E-state index contributed by atoms with van der Waals surface area (Å²) in [6.45, 7) is 2.12. The van der Waals surface area contributed by atoms with Gasteiger partial charge in [0.05, 0.1) is 22.5 Å². The molecule has 1 N–H and O–H groups in total. The first-order valence-corrected chi connectivity index (χ1v) is 8.27. The number of halogens is 1. The molecule has 0 unspecified atom stereocenters. The van der Waals surface area contributed by atoms with Gasteiger partial charge in [0.25, 0.3) is 11.4 Å². The first-order chi connectivity index (χ1) is 12.8. The molecule has 0 radical (unpaired) electrons. The standard InChI is InChI=1S/C17H16ClN3O6/c1-11-9-12(18)4-7-16(11)27-8-2-3-17(22)19-14-6-5-13(20(23)24)10-15(14)21(25)26/h4-7,9-10H,2-3,8H2,1H3,(H,19,22). The van der Waals surface area contributed by atoms with Crippen LogP contribution in [0.15, 0.2) is 36.4 Å². The van der Waals surface area contributed by atoms with Crippen LogP contribution in [-0.4, -0.2) is 22.4 Å². The number of benzene rings is 2. The Bertz CT molecular complexity index is 887. The predicted octanol–water partition coefficient (Wildman–Crippen LogP) is 4.26. The van der Waals surface area contributed by atoms with Gasteiger partial charge in [0.2, 0.25) is 5.91 Å². The molecule has 0 spiro atoms. The highest BCUT2D eigenvalue weighted by Crippen LogP contribution is 2.29. The quantitative estimate of drug-likeness (QED) is 0.405. The minimum Gasteiger partial charge on any atom is -0.493 e. The molecule has 9 nitrogen and oxygen atoms in total. The molecule has 2 aromatic rings. The number of ether oxygens (including phenoxy) is 1. The number of carbonyl (C=O) groups excluding carboxylic acids is 1. The van der Waals surface area contributed by atoms with Gasteiger partial charge in [-0.05, 0) is 43.2 Å². The molecular formula is C17H16ClN3O6. The van der Waals surface area contributed by atoms with Crippen LogP contribution in [0.5, 0.6) is 5.75 Å². The second-order valence-corrected chi connectivity index (χ2v) is 6.06. The normalized spacial score (nSPS) is 10.3. The summed E-state index contributed by atoms with van der Waals surface area (Å²) >= 11 is 5.87. The Balaban J connectivity index is 1.90. The molecule has 1 amide bonds. The number of non-ortho nitro benzene ring substituents is 1. The van der Waals surface area contributed by atoms with E-state index in [-0.39, 0.29) is 18.7 Å². The van der Waals surface area contributed by atoms with Crippen LogP contribution in [0.3, 0.4) is 0 Å². The Morgan fingerprint density at radius 1 is 1.15 bits per heavy atom. The summed E-state index contributed by atoms with van der Waals surface area (Å²) in [6.07, 6.45) is 0.454. The van der Waals surface area contributed by atoms with E-state index in [0.717, 1.165) is 23.8 Å². The number of nitrogens with zero attached hydrogens (tertiary/aromatic N) is 2. The fourth-order valence-corrected chi connectivity index (χ4v) is 2.52. The number of nitro benzene ring substituents is 2. The maximum absolute atomic E-state index is 12.0. The first-order valence-electron chi connectivity index (χ1n) is 7.89. The summed E-state index contributed by atoms with van der Waals surface area (Å²) in [6, 6.07) is 8.23. The highest BCUT2D eigenvalue weighted by molar-refractivity contribution is 6.30. The summed E-state index contributed by atoms with van der Waals surface area (Å²) in [7, 11) is 0. The Hall–Kier alpha value is -3.20. The van der Waals surface area contributed by atoms with Crippen molar-refractivity contribution in [3.8, 4) is 5.75 Å². The van der Waals surface area contributed by atoms with Gasteiger partial charge in [-0.15, -0.1) is 0 Å². The average Bonchev–Trinajstić information content (AvgIpc) is 2.60. The number of hydrogen-bond acceptors (Lipinski definition) is 6. The zero-order chi connectivity index (χ0) is 20.0. The molecule has 0 aliphatic heterocycles. The van der Waals surface area contributed by atoms with Crippen molar-refractivity contribution in [2.75, 3.05) is 11.9 Å². The molecule has 0 aliphatic rings. The van der Waals surface area contributed by atoms with Gasteiger partial charge in [-0.2, -0.15) is 0 Å². The number of anilines is 1. The Morgan fingerprint density at radius 3 is 2.52 bits per heavy atom. The summed E-state index contributed by atoms with van der Waals surface area (Å²) in [5.74, 6) is 0.203. The minimum atomic E-state index is -0.783. The molecule has 0 saturated carbocycles. The van der Waals surface area contributed by atoms with Crippen LogP contribution in [-0.2, 0) is 4.79 Å². The van der Waals surface area contributed by atoms with E-state index in [2.05, 4.69) is 5.32 Å². The number of rotatable bonds is 8. The van der Waals surface area contributed by atoms with Gasteiger partial charge < -0.3 is 10.1 Å². The van der Waals surface area contributed by atoms with Gasteiger partial charge in [0.15, 0.2) is 0 Å². The molecular weight excluding hydrogens is 378 g/mol. The van der Waals surface area contributed by atoms with E-state index in [1.807, 2.05) is 6.92 Å². The molecule has 0 aliphatic carbocycles. The van der Waals surface area contributed by atoms with Crippen LogP contribution in [0.2, 0.25) is 5.02 Å². The van der Waals surface area contributed by atoms with E-state index in [9.17, 15) is 25.0 Å². The fraction of sp³-hybridized carbons (Fsp3) is 0.235. The van der Waals surface area contributed by atoms with E-state index in [1.54, 1.807) is 18.2 Å². The van der Waals surface area contributed by atoms with Gasteiger partial charge in [-0.3, -0.25) is 25.0 Å². The SMILES string of the molecule is Cc1cc(Cl)ccc1OCCCC(=O)Nc1ccc([N+](=O)[O-])cc1[N+](=O)[O-]. The lowest BCUT2D eigenvalue weighted by molar-refractivity contribution is -0.393. The number of nitro groups is 2. The van der Waals surface area contributed by atoms with Gasteiger partial charge >= 0.3 is 0 Å². The summed E-state index contributed by atoms with van der Waals surface area (Å²) < 4.78 is 5.57. The molecule has 2 rings (SSSR count).